The first kappa shape index (κ1) is 32.3. The summed E-state index contributed by atoms with van der Waals surface area (Å²) < 4.78 is 11.9. The molecule has 10 nitrogen and oxygen atoms in total. The van der Waals surface area contributed by atoms with E-state index in [2.05, 4.69) is 10.3 Å². The van der Waals surface area contributed by atoms with Crippen LogP contribution in [0.25, 0.3) is 0 Å². The second kappa shape index (κ2) is 14.6. The maximum Gasteiger partial charge on any atom is 0.329 e. The Labute approximate surface area is 243 Å². The standard InChI is InChI=1S/C31H46N4O6/c1-19(2)29-21(4)12-13-26(37)32-14-8-10-20(3)16-24(36)17-23(34(6)7)18-27-33-28(22(5)40-27)30(38)35-15-9-11-25(35)31(39)41-29/h8,10,12-13,16,19,21,23-25,29,36H,9,11,14-15,17-18H2,1-7H3,(H,32,37)/b10-8+,13-12+,20-16+/t21-,23?,24-,25?,29-/m1/s1. The fraction of sp³-hybridized carbons (Fsp3) is 0.613. The Kier molecular flexibility index (Phi) is 11.5. The van der Waals surface area contributed by atoms with Crippen molar-refractivity contribution < 1.29 is 28.6 Å². The van der Waals surface area contributed by atoms with E-state index >= 15 is 0 Å². The number of aryl methyl sites for hydroxylation is 1. The number of amides is 2. The lowest BCUT2D eigenvalue weighted by atomic mass is 9.94. The molecule has 10 heteroatoms. The molecule has 2 unspecified atom stereocenters. The second-order valence-corrected chi connectivity index (χ2v) is 11.7. The van der Waals surface area contributed by atoms with Crippen LogP contribution in [-0.4, -0.2) is 89.2 Å². The number of carbonyl (C=O) groups is 3. The molecule has 2 aliphatic heterocycles. The van der Waals surface area contributed by atoms with Crippen LogP contribution in [0.15, 0.2) is 40.4 Å². The Balaban J connectivity index is 1.93. The van der Waals surface area contributed by atoms with Gasteiger partial charge in [-0.1, -0.05) is 50.6 Å². The molecule has 2 bridgehead atoms. The minimum atomic E-state index is -0.713. The van der Waals surface area contributed by atoms with E-state index in [4.69, 9.17) is 9.15 Å². The summed E-state index contributed by atoms with van der Waals surface area (Å²) in [7, 11) is 3.84. The van der Waals surface area contributed by atoms with Gasteiger partial charge in [0.25, 0.3) is 5.91 Å². The summed E-state index contributed by atoms with van der Waals surface area (Å²) >= 11 is 0. The molecule has 3 rings (SSSR count). The van der Waals surface area contributed by atoms with E-state index in [1.165, 1.54) is 11.0 Å². The van der Waals surface area contributed by atoms with Crippen molar-refractivity contribution in [1.29, 1.82) is 0 Å². The van der Waals surface area contributed by atoms with Crippen LogP contribution in [0.4, 0.5) is 0 Å². The van der Waals surface area contributed by atoms with E-state index in [1.807, 2.05) is 58.8 Å². The molecule has 2 amide bonds. The molecule has 0 aliphatic carbocycles. The molecule has 0 spiro atoms. The first-order chi connectivity index (χ1) is 19.4. The van der Waals surface area contributed by atoms with Crippen molar-refractivity contribution in [3.05, 3.63) is 53.3 Å². The lowest BCUT2D eigenvalue weighted by Crippen LogP contribution is -2.44. The van der Waals surface area contributed by atoms with E-state index in [-0.39, 0.29) is 35.4 Å². The SMILES string of the molecule is CC1=C\[C@@H](O)CC(N(C)C)Cc2nc(c(C)o2)C(=O)N2CCCC2C(=O)O[C@H](C(C)C)[C@H](C)/C=C/C(=O)NC\C=C\1. The zero-order valence-electron chi connectivity index (χ0n) is 25.4. The number of aromatic nitrogens is 1. The molecule has 1 fully saturated rings. The molecule has 41 heavy (non-hydrogen) atoms. The van der Waals surface area contributed by atoms with Crippen LogP contribution >= 0.6 is 0 Å². The number of ether oxygens (including phenoxy) is 1. The van der Waals surface area contributed by atoms with Crippen LogP contribution in [0.5, 0.6) is 0 Å². The van der Waals surface area contributed by atoms with Gasteiger partial charge in [0.1, 0.15) is 17.9 Å². The van der Waals surface area contributed by atoms with E-state index in [0.29, 0.717) is 50.4 Å². The third kappa shape index (κ3) is 8.87. The normalized spacial score (nSPS) is 30.4. The van der Waals surface area contributed by atoms with E-state index in [9.17, 15) is 19.5 Å². The summed E-state index contributed by atoms with van der Waals surface area (Å²) in [6, 6.07) is -0.813. The predicted molar refractivity (Wildman–Crippen MR) is 156 cm³/mol. The van der Waals surface area contributed by atoms with Crippen molar-refractivity contribution in [2.24, 2.45) is 11.8 Å². The Morgan fingerprint density at radius 1 is 1.17 bits per heavy atom. The summed E-state index contributed by atoms with van der Waals surface area (Å²) in [6.07, 6.45) is 9.50. The highest BCUT2D eigenvalue weighted by Crippen LogP contribution is 2.26. The summed E-state index contributed by atoms with van der Waals surface area (Å²) in [4.78, 5) is 47.4. The molecule has 0 radical (unpaired) electrons. The van der Waals surface area contributed by atoms with Crippen LogP contribution < -0.4 is 5.32 Å². The highest BCUT2D eigenvalue weighted by Gasteiger charge is 2.39. The first-order valence-corrected chi connectivity index (χ1v) is 14.5. The third-order valence-electron chi connectivity index (χ3n) is 7.69. The number of rotatable bonds is 2. The van der Waals surface area contributed by atoms with Crippen LogP contribution in [0.2, 0.25) is 0 Å². The first-order valence-electron chi connectivity index (χ1n) is 14.5. The smallest absolute Gasteiger partial charge is 0.329 e. The molecule has 1 aromatic heterocycles. The van der Waals surface area contributed by atoms with Gasteiger partial charge in [0.2, 0.25) is 5.91 Å². The van der Waals surface area contributed by atoms with Crippen molar-refractivity contribution in [3.63, 3.8) is 0 Å². The Hall–Kier alpha value is -3.24. The van der Waals surface area contributed by atoms with Crippen molar-refractivity contribution >= 4 is 17.8 Å². The summed E-state index contributed by atoms with van der Waals surface area (Å²) in [5.74, 6) is -0.468. The topological polar surface area (TPSA) is 125 Å². The second-order valence-electron chi connectivity index (χ2n) is 11.7. The van der Waals surface area contributed by atoms with Gasteiger partial charge >= 0.3 is 5.97 Å². The van der Waals surface area contributed by atoms with Gasteiger partial charge in [0.05, 0.1) is 6.10 Å². The third-order valence-corrected chi connectivity index (χ3v) is 7.69. The van der Waals surface area contributed by atoms with Crippen LogP contribution in [-0.2, 0) is 20.7 Å². The number of fused-ring (bicyclic) bond motifs is 3. The number of esters is 1. The van der Waals surface area contributed by atoms with Crippen LogP contribution in [0.1, 0.15) is 69.1 Å². The molecule has 1 saturated heterocycles. The van der Waals surface area contributed by atoms with E-state index in [0.717, 1.165) is 5.57 Å². The molecular weight excluding hydrogens is 524 g/mol. The van der Waals surface area contributed by atoms with Gasteiger partial charge in [-0.15, -0.1) is 0 Å². The molecule has 3 heterocycles. The average molecular weight is 571 g/mol. The monoisotopic (exact) mass is 570 g/mol. The van der Waals surface area contributed by atoms with Gasteiger partial charge in [0, 0.05) is 31.5 Å². The lowest BCUT2D eigenvalue weighted by molar-refractivity contribution is -0.158. The summed E-state index contributed by atoms with van der Waals surface area (Å²) in [5, 5.41) is 13.6. The predicted octanol–water partition coefficient (Wildman–Crippen LogP) is 3.20. The Bertz CT molecular complexity index is 1170. The maximum absolute atomic E-state index is 13.6. The summed E-state index contributed by atoms with van der Waals surface area (Å²) in [5.41, 5.74) is 1.06. The zero-order valence-corrected chi connectivity index (χ0v) is 25.4. The molecule has 0 aromatic carbocycles. The number of nitrogens with zero attached hydrogens (tertiary/aromatic N) is 3. The van der Waals surface area contributed by atoms with Crippen LogP contribution in [0, 0.1) is 18.8 Å². The molecule has 226 valence electrons. The number of hydrogen-bond acceptors (Lipinski definition) is 8. The van der Waals surface area contributed by atoms with Crippen molar-refractivity contribution in [3.8, 4) is 0 Å². The minimum Gasteiger partial charge on any atom is -0.460 e. The fourth-order valence-corrected chi connectivity index (χ4v) is 5.39. The van der Waals surface area contributed by atoms with E-state index < -0.39 is 24.2 Å². The minimum absolute atomic E-state index is 0.000253. The number of aliphatic hydroxyl groups excluding tert-OH is 1. The highest BCUT2D eigenvalue weighted by molar-refractivity contribution is 5.96. The van der Waals surface area contributed by atoms with Gasteiger partial charge in [-0.05, 0) is 59.2 Å². The van der Waals surface area contributed by atoms with Crippen molar-refractivity contribution in [1.82, 2.24) is 20.1 Å². The van der Waals surface area contributed by atoms with Gasteiger partial charge in [-0.3, -0.25) is 9.59 Å². The van der Waals surface area contributed by atoms with Crippen molar-refractivity contribution in [2.45, 2.75) is 84.6 Å². The molecule has 2 aliphatic rings. The number of aliphatic hydroxyl groups is 1. The molecule has 2 N–H and O–H groups in total. The van der Waals surface area contributed by atoms with E-state index in [1.54, 1.807) is 19.1 Å². The molecular formula is C31H46N4O6. The largest absolute Gasteiger partial charge is 0.460 e. The number of nitrogens with one attached hydrogen (secondary N) is 1. The van der Waals surface area contributed by atoms with Gasteiger partial charge in [0.15, 0.2) is 11.6 Å². The highest BCUT2D eigenvalue weighted by atomic mass is 16.5. The fourth-order valence-electron chi connectivity index (χ4n) is 5.39. The zero-order chi connectivity index (χ0) is 30.3. The van der Waals surface area contributed by atoms with Gasteiger partial charge in [-0.2, -0.15) is 0 Å². The number of carbonyl (C=O) groups excluding carboxylic acids is 3. The molecule has 5 atom stereocenters. The Morgan fingerprint density at radius 2 is 1.90 bits per heavy atom. The molecule has 0 saturated carbocycles. The number of allylic oxidation sites excluding steroid dienone is 2. The number of hydrogen-bond donors (Lipinski definition) is 2. The number of likely N-dealkylation sites (N-methyl/N-ethyl adjacent to an activating group) is 1. The Morgan fingerprint density at radius 3 is 2.59 bits per heavy atom. The average Bonchev–Trinajstić information content (AvgIpc) is 3.53. The lowest BCUT2D eigenvalue weighted by Gasteiger charge is -2.29. The summed E-state index contributed by atoms with van der Waals surface area (Å²) in [6.45, 7) is 10.2. The van der Waals surface area contributed by atoms with Gasteiger partial charge < -0.3 is 29.4 Å². The van der Waals surface area contributed by atoms with Crippen molar-refractivity contribution in [2.75, 3.05) is 27.2 Å². The van der Waals surface area contributed by atoms with Crippen LogP contribution in [0.3, 0.4) is 0 Å². The number of oxazole rings is 1. The number of cyclic esters (lactones) is 1. The quantitative estimate of drug-likeness (QED) is 0.520. The molecule has 1 aromatic rings. The van der Waals surface area contributed by atoms with Gasteiger partial charge in [-0.25, -0.2) is 9.78 Å². The maximum atomic E-state index is 13.6.